The summed E-state index contributed by atoms with van der Waals surface area (Å²) in [5.41, 5.74) is -1.10. The van der Waals surface area contributed by atoms with Crippen LogP contribution in [0.1, 0.15) is 48.0 Å². The second-order valence-corrected chi connectivity index (χ2v) is 7.21. The fourth-order valence-electron chi connectivity index (χ4n) is 1.55. The summed E-state index contributed by atoms with van der Waals surface area (Å²) in [6, 6.07) is 1.57. The zero-order chi connectivity index (χ0) is 18.4. The van der Waals surface area contributed by atoms with Crippen molar-refractivity contribution >= 4 is 12.2 Å². The van der Waals surface area contributed by atoms with E-state index in [-0.39, 0.29) is 0 Å². The molecule has 1 aromatic rings. The van der Waals surface area contributed by atoms with Crippen LogP contribution in [0.5, 0.6) is 5.88 Å². The Hall–Kier alpha value is -2.25. The Kier molecular flexibility index (Phi) is 6.62. The molecule has 0 saturated carbocycles. The van der Waals surface area contributed by atoms with Crippen molar-refractivity contribution in [1.82, 2.24) is 15.1 Å². The number of hydrogen-bond acceptors (Lipinski definition) is 6. The maximum atomic E-state index is 11.8. The Balaban J connectivity index is 2.27. The van der Waals surface area contributed by atoms with Crippen LogP contribution in [-0.2, 0) is 9.47 Å². The van der Waals surface area contributed by atoms with Crippen LogP contribution in [0.4, 0.5) is 9.59 Å². The molecule has 24 heavy (non-hydrogen) atoms. The normalized spacial score (nSPS) is 11.8. The SMILES string of the molecule is CC(C)(C)OC(=O)NCCCOc1ccn(C(=O)OC(C)(C)C)n1. The Labute approximate surface area is 142 Å². The number of hydrogen-bond donors (Lipinski definition) is 1. The fourth-order valence-corrected chi connectivity index (χ4v) is 1.55. The Morgan fingerprint density at radius 3 is 2.33 bits per heavy atom. The van der Waals surface area contributed by atoms with Gasteiger partial charge in [0.25, 0.3) is 0 Å². The number of aromatic nitrogens is 2. The van der Waals surface area contributed by atoms with E-state index >= 15 is 0 Å². The molecule has 0 aromatic carbocycles. The summed E-state index contributed by atoms with van der Waals surface area (Å²) in [6.45, 7) is 11.5. The van der Waals surface area contributed by atoms with Gasteiger partial charge in [0.15, 0.2) is 0 Å². The summed E-state index contributed by atoms with van der Waals surface area (Å²) in [6.07, 6.45) is 1.03. The molecule has 8 heteroatoms. The van der Waals surface area contributed by atoms with Crippen LogP contribution in [0.15, 0.2) is 12.3 Å². The highest BCUT2D eigenvalue weighted by Crippen LogP contribution is 2.11. The number of rotatable bonds is 5. The highest BCUT2D eigenvalue weighted by Gasteiger charge is 2.19. The van der Waals surface area contributed by atoms with Crippen molar-refractivity contribution in [2.45, 2.75) is 59.2 Å². The van der Waals surface area contributed by atoms with Gasteiger partial charge in [0.05, 0.1) is 6.61 Å². The summed E-state index contributed by atoms with van der Waals surface area (Å²) in [7, 11) is 0. The first-order valence-electron chi connectivity index (χ1n) is 7.85. The van der Waals surface area contributed by atoms with Gasteiger partial charge in [-0.15, -0.1) is 5.10 Å². The van der Waals surface area contributed by atoms with Gasteiger partial charge in [0.2, 0.25) is 5.88 Å². The van der Waals surface area contributed by atoms with E-state index in [0.717, 1.165) is 4.68 Å². The zero-order valence-corrected chi connectivity index (χ0v) is 15.2. The van der Waals surface area contributed by atoms with Crippen LogP contribution >= 0.6 is 0 Å². The molecule has 136 valence electrons. The molecule has 0 aliphatic carbocycles. The van der Waals surface area contributed by atoms with E-state index in [1.165, 1.54) is 6.20 Å². The third kappa shape index (κ3) is 8.40. The Morgan fingerprint density at radius 2 is 1.75 bits per heavy atom. The van der Waals surface area contributed by atoms with Crippen molar-refractivity contribution in [3.8, 4) is 5.88 Å². The Bertz CT molecular complexity index is 555. The number of amides is 1. The van der Waals surface area contributed by atoms with Crippen molar-refractivity contribution in [1.29, 1.82) is 0 Å². The molecule has 0 aliphatic heterocycles. The molecule has 0 fully saturated rings. The zero-order valence-electron chi connectivity index (χ0n) is 15.2. The van der Waals surface area contributed by atoms with Gasteiger partial charge in [-0.1, -0.05) is 0 Å². The number of carbonyl (C=O) groups is 2. The van der Waals surface area contributed by atoms with Crippen LogP contribution in [0, 0.1) is 0 Å². The summed E-state index contributed by atoms with van der Waals surface area (Å²) in [4.78, 5) is 23.2. The molecule has 8 nitrogen and oxygen atoms in total. The van der Waals surface area contributed by atoms with E-state index in [1.54, 1.807) is 47.6 Å². The molecule has 0 saturated heterocycles. The minimum atomic E-state index is -0.586. The number of carbonyl (C=O) groups excluding carboxylic acids is 2. The first kappa shape index (κ1) is 19.8. The molecule has 0 aliphatic rings. The van der Waals surface area contributed by atoms with E-state index in [2.05, 4.69) is 10.4 Å². The number of alkyl carbamates (subject to hydrolysis) is 1. The lowest BCUT2D eigenvalue weighted by molar-refractivity contribution is 0.0502. The second-order valence-electron chi connectivity index (χ2n) is 7.21. The lowest BCUT2D eigenvalue weighted by atomic mass is 10.2. The quantitative estimate of drug-likeness (QED) is 0.828. The van der Waals surface area contributed by atoms with E-state index < -0.39 is 23.4 Å². The van der Waals surface area contributed by atoms with Gasteiger partial charge in [0, 0.05) is 18.8 Å². The maximum absolute atomic E-state index is 11.8. The topological polar surface area (TPSA) is 91.7 Å². The average Bonchev–Trinajstić information content (AvgIpc) is 2.83. The smallest absolute Gasteiger partial charge is 0.435 e. The first-order valence-corrected chi connectivity index (χ1v) is 7.85. The van der Waals surface area contributed by atoms with Crippen LogP contribution in [0.2, 0.25) is 0 Å². The third-order valence-electron chi connectivity index (χ3n) is 2.38. The van der Waals surface area contributed by atoms with E-state index in [4.69, 9.17) is 14.2 Å². The lowest BCUT2D eigenvalue weighted by Gasteiger charge is -2.19. The van der Waals surface area contributed by atoms with Gasteiger partial charge in [0.1, 0.15) is 11.2 Å². The van der Waals surface area contributed by atoms with Crippen molar-refractivity contribution in [2.75, 3.05) is 13.2 Å². The van der Waals surface area contributed by atoms with E-state index in [9.17, 15) is 9.59 Å². The summed E-state index contributed by atoms with van der Waals surface area (Å²) in [5.74, 6) is 0.318. The molecule has 0 spiro atoms. The van der Waals surface area contributed by atoms with Crippen molar-refractivity contribution in [3.05, 3.63) is 12.3 Å². The molecule has 1 heterocycles. The van der Waals surface area contributed by atoms with Gasteiger partial charge in [-0.3, -0.25) is 0 Å². The lowest BCUT2D eigenvalue weighted by Crippen LogP contribution is -2.33. The largest absolute Gasteiger partial charge is 0.477 e. The maximum Gasteiger partial charge on any atom is 0.435 e. The molecular weight excluding hydrogens is 314 g/mol. The molecule has 0 bridgehead atoms. The highest BCUT2D eigenvalue weighted by molar-refractivity contribution is 5.69. The third-order valence-corrected chi connectivity index (χ3v) is 2.38. The van der Waals surface area contributed by atoms with Gasteiger partial charge in [-0.2, -0.15) is 4.68 Å². The standard InChI is InChI=1S/C16H27N3O5/c1-15(2,3)23-13(20)17-9-7-11-22-12-8-10-19(18-12)14(21)24-16(4,5)6/h8,10H,7,9,11H2,1-6H3,(H,17,20). The monoisotopic (exact) mass is 341 g/mol. The minimum Gasteiger partial charge on any atom is -0.477 e. The molecule has 0 radical (unpaired) electrons. The van der Waals surface area contributed by atoms with Crippen molar-refractivity contribution in [2.24, 2.45) is 0 Å². The molecule has 1 rings (SSSR count). The van der Waals surface area contributed by atoms with E-state index in [0.29, 0.717) is 25.5 Å². The number of ether oxygens (including phenoxy) is 3. The predicted octanol–water partition coefficient (Wildman–Crippen LogP) is 2.96. The van der Waals surface area contributed by atoms with Gasteiger partial charge in [-0.05, 0) is 48.0 Å². The highest BCUT2D eigenvalue weighted by atomic mass is 16.6. The molecule has 1 amide bonds. The average molecular weight is 341 g/mol. The molecular formula is C16H27N3O5. The first-order chi connectivity index (χ1) is 11.0. The van der Waals surface area contributed by atoms with E-state index in [1.807, 2.05) is 0 Å². The van der Waals surface area contributed by atoms with Gasteiger partial charge in [-0.25, -0.2) is 9.59 Å². The van der Waals surface area contributed by atoms with Crippen LogP contribution in [0.25, 0.3) is 0 Å². The molecule has 1 aromatic heterocycles. The summed E-state index contributed by atoms with van der Waals surface area (Å²) >= 11 is 0. The number of nitrogens with one attached hydrogen (secondary N) is 1. The predicted molar refractivity (Wildman–Crippen MR) is 88.2 cm³/mol. The molecule has 0 unspecified atom stereocenters. The van der Waals surface area contributed by atoms with Crippen molar-refractivity contribution < 1.29 is 23.8 Å². The van der Waals surface area contributed by atoms with Crippen LogP contribution in [0.3, 0.4) is 0 Å². The fraction of sp³-hybridized carbons (Fsp3) is 0.688. The van der Waals surface area contributed by atoms with Gasteiger partial charge < -0.3 is 19.5 Å². The second kappa shape index (κ2) is 8.03. The summed E-state index contributed by atoms with van der Waals surface area (Å²) in [5, 5.41) is 6.62. The number of nitrogens with zero attached hydrogens (tertiary/aromatic N) is 2. The van der Waals surface area contributed by atoms with Crippen LogP contribution in [-0.4, -0.2) is 46.3 Å². The van der Waals surface area contributed by atoms with Gasteiger partial charge >= 0.3 is 12.2 Å². The molecule has 1 N–H and O–H groups in total. The minimum absolute atomic E-state index is 0.318. The molecule has 0 atom stereocenters. The Morgan fingerprint density at radius 1 is 1.12 bits per heavy atom. The van der Waals surface area contributed by atoms with Crippen molar-refractivity contribution in [3.63, 3.8) is 0 Å². The summed E-state index contributed by atoms with van der Waals surface area (Å²) < 4.78 is 16.8. The van der Waals surface area contributed by atoms with Crippen LogP contribution < -0.4 is 10.1 Å².